The summed E-state index contributed by atoms with van der Waals surface area (Å²) in [5.74, 6) is 0.627. The van der Waals surface area contributed by atoms with Crippen LogP contribution in [0.5, 0.6) is 17.2 Å². The van der Waals surface area contributed by atoms with Gasteiger partial charge in [-0.25, -0.2) is 9.59 Å². The summed E-state index contributed by atoms with van der Waals surface area (Å²) in [5, 5.41) is 0. The number of esters is 2. The Labute approximate surface area is 181 Å². The Bertz CT molecular complexity index is 1080. The van der Waals surface area contributed by atoms with Crippen molar-refractivity contribution >= 4 is 11.9 Å². The van der Waals surface area contributed by atoms with E-state index in [0.29, 0.717) is 35.0 Å². The lowest BCUT2D eigenvalue weighted by Crippen LogP contribution is -2.08. The molecule has 0 saturated heterocycles. The van der Waals surface area contributed by atoms with Gasteiger partial charge >= 0.3 is 11.9 Å². The maximum absolute atomic E-state index is 12.3. The van der Waals surface area contributed by atoms with E-state index in [1.807, 2.05) is 24.3 Å². The third kappa shape index (κ3) is 5.93. The van der Waals surface area contributed by atoms with Gasteiger partial charge in [-0.15, -0.1) is 0 Å². The van der Waals surface area contributed by atoms with Crippen LogP contribution in [0.25, 0.3) is 11.1 Å². The normalized spacial score (nSPS) is 10.1. The highest BCUT2D eigenvalue weighted by Crippen LogP contribution is 2.25. The summed E-state index contributed by atoms with van der Waals surface area (Å²) in [5.41, 5.74) is 2.63. The molecule has 156 valence electrons. The highest BCUT2D eigenvalue weighted by molar-refractivity contribution is 5.91. The van der Waals surface area contributed by atoms with E-state index in [1.165, 1.54) is 0 Å². The van der Waals surface area contributed by atoms with Crippen molar-refractivity contribution in [1.82, 2.24) is 0 Å². The van der Waals surface area contributed by atoms with E-state index in [0.717, 1.165) is 11.1 Å². The molecule has 0 unspecified atom stereocenters. The molecule has 5 heteroatoms. The Morgan fingerprint density at radius 2 is 1.26 bits per heavy atom. The van der Waals surface area contributed by atoms with Gasteiger partial charge in [-0.1, -0.05) is 43.5 Å². The molecule has 0 N–H and O–H groups in total. The van der Waals surface area contributed by atoms with Crippen LogP contribution >= 0.6 is 0 Å². The fourth-order valence-corrected chi connectivity index (χ4v) is 2.63. The van der Waals surface area contributed by atoms with E-state index < -0.39 is 11.9 Å². The van der Waals surface area contributed by atoms with Crippen molar-refractivity contribution in [2.75, 3.05) is 6.61 Å². The zero-order chi connectivity index (χ0) is 22.2. The van der Waals surface area contributed by atoms with Crippen LogP contribution in [0, 0.1) is 0 Å². The summed E-state index contributed by atoms with van der Waals surface area (Å²) in [7, 11) is 0. The maximum Gasteiger partial charge on any atom is 0.343 e. The molecule has 31 heavy (non-hydrogen) atoms. The maximum atomic E-state index is 12.3. The van der Waals surface area contributed by atoms with E-state index in [2.05, 4.69) is 13.2 Å². The smallest absolute Gasteiger partial charge is 0.343 e. The van der Waals surface area contributed by atoms with Crippen molar-refractivity contribution in [3.63, 3.8) is 0 Å². The van der Waals surface area contributed by atoms with Gasteiger partial charge in [-0.2, -0.15) is 0 Å². The van der Waals surface area contributed by atoms with Gasteiger partial charge in [0.1, 0.15) is 23.9 Å². The monoisotopic (exact) mass is 414 g/mol. The minimum atomic E-state index is -0.460. The lowest BCUT2D eigenvalue weighted by molar-refractivity contribution is -0.130. The molecule has 3 aromatic carbocycles. The first-order chi connectivity index (χ1) is 15.0. The van der Waals surface area contributed by atoms with Crippen molar-refractivity contribution in [3.8, 4) is 28.4 Å². The number of ether oxygens (including phenoxy) is 3. The molecule has 0 heterocycles. The van der Waals surface area contributed by atoms with Crippen LogP contribution in [-0.4, -0.2) is 18.5 Å². The summed E-state index contributed by atoms with van der Waals surface area (Å²) in [6.45, 7) is 9.15. The summed E-state index contributed by atoms with van der Waals surface area (Å²) >= 11 is 0. The van der Waals surface area contributed by atoms with Gasteiger partial charge in [0.25, 0.3) is 0 Å². The second kappa shape index (κ2) is 10.1. The molecule has 0 aliphatic carbocycles. The largest absolute Gasteiger partial charge is 0.490 e. The first kappa shape index (κ1) is 21.6. The predicted octanol–water partition coefficient (Wildman–Crippen LogP) is 5.62. The van der Waals surface area contributed by atoms with Crippen LogP contribution < -0.4 is 14.2 Å². The van der Waals surface area contributed by atoms with Crippen LogP contribution in [-0.2, 0) is 4.79 Å². The Kier molecular flexibility index (Phi) is 7.01. The molecule has 0 aromatic heterocycles. The first-order valence-electron chi connectivity index (χ1n) is 9.60. The fraction of sp³-hybridized carbons (Fsp3) is 0.0769. The molecule has 0 aliphatic rings. The molecule has 3 rings (SSSR count). The zero-order valence-electron chi connectivity index (χ0n) is 17.2. The van der Waals surface area contributed by atoms with E-state index in [9.17, 15) is 9.59 Å². The Morgan fingerprint density at radius 3 is 1.74 bits per heavy atom. The number of hydrogen-bond donors (Lipinski definition) is 0. The molecular weight excluding hydrogens is 392 g/mol. The van der Waals surface area contributed by atoms with Gasteiger partial charge in [0, 0.05) is 5.57 Å². The van der Waals surface area contributed by atoms with Crippen molar-refractivity contribution in [2.24, 2.45) is 0 Å². The average Bonchev–Trinajstić information content (AvgIpc) is 2.79. The Balaban J connectivity index is 1.62. The number of benzene rings is 3. The van der Waals surface area contributed by atoms with Crippen molar-refractivity contribution in [3.05, 3.63) is 103 Å². The number of carbonyl (C=O) groups excluding carboxylic acids is 2. The second-order valence-electron chi connectivity index (χ2n) is 6.73. The minimum Gasteiger partial charge on any atom is -0.490 e. The SMILES string of the molecule is C=CCOc1ccc(C(=O)Oc2ccc(-c3ccc(OC(=O)C(=C)C)cc3)cc2)cc1. The van der Waals surface area contributed by atoms with E-state index >= 15 is 0 Å². The average molecular weight is 414 g/mol. The highest BCUT2D eigenvalue weighted by Gasteiger charge is 2.10. The lowest BCUT2D eigenvalue weighted by atomic mass is 10.1. The molecule has 0 bridgehead atoms. The standard InChI is InChI=1S/C26H22O5/c1-4-17-29-22-11-9-21(10-12-22)26(28)31-24-15-7-20(8-16-24)19-5-13-23(14-6-19)30-25(27)18(2)3/h4-16H,1-2,17H2,3H3. The van der Waals surface area contributed by atoms with Gasteiger partial charge in [0.05, 0.1) is 5.56 Å². The minimum absolute atomic E-state index is 0.339. The van der Waals surface area contributed by atoms with Gasteiger partial charge in [-0.05, 0) is 66.6 Å². The van der Waals surface area contributed by atoms with Gasteiger partial charge < -0.3 is 14.2 Å². The molecule has 0 radical (unpaired) electrons. The lowest BCUT2D eigenvalue weighted by Gasteiger charge is -2.08. The molecule has 0 fully saturated rings. The van der Waals surface area contributed by atoms with E-state index in [4.69, 9.17) is 14.2 Å². The first-order valence-corrected chi connectivity index (χ1v) is 9.60. The third-order valence-corrected chi connectivity index (χ3v) is 4.27. The van der Waals surface area contributed by atoms with Crippen LogP contribution in [0.1, 0.15) is 17.3 Å². The van der Waals surface area contributed by atoms with Crippen LogP contribution in [0.4, 0.5) is 0 Å². The summed E-state index contributed by atoms with van der Waals surface area (Å²) in [6, 6.07) is 21.0. The zero-order valence-corrected chi connectivity index (χ0v) is 17.2. The van der Waals surface area contributed by atoms with Gasteiger partial charge in [0.2, 0.25) is 0 Å². The molecule has 0 atom stereocenters. The van der Waals surface area contributed by atoms with Crippen molar-refractivity contribution in [1.29, 1.82) is 0 Å². The van der Waals surface area contributed by atoms with Gasteiger partial charge in [0.15, 0.2) is 0 Å². The van der Waals surface area contributed by atoms with Crippen molar-refractivity contribution < 1.29 is 23.8 Å². The second-order valence-corrected chi connectivity index (χ2v) is 6.73. The number of carbonyl (C=O) groups is 2. The molecule has 0 amide bonds. The van der Waals surface area contributed by atoms with E-state index in [1.54, 1.807) is 61.5 Å². The van der Waals surface area contributed by atoms with Crippen LogP contribution in [0.2, 0.25) is 0 Å². The molecule has 0 saturated carbocycles. The van der Waals surface area contributed by atoms with E-state index in [-0.39, 0.29) is 0 Å². The Morgan fingerprint density at radius 1 is 0.774 bits per heavy atom. The quantitative estimate of drug-likeness (QED) is 0.207. The molecule has 5 nitrogen and oxygen atoms in total. The van der Waals surface area contributed by atoms with Crippen LogP contribution in [0.15, 0.2) is 97.6 Å². The van der Waals surface area contributed by atoms with Gasteiger partial charge in [-0.3, -0.25) is 0 Å². The van der Waals surface area contributed by atoms with Crippen molar-refractivity contribution in [2.45, 2.75) is 6.92 Å². The summed E-state index contributed by atoms with van der Waals surface area (Å²) in [6.07, 6.45) is 1.65. The summed E-state index contributed by atoms with van der Waals surface area (Å²) < 4.78 is 16.0. The Hall–Kier alpha value is -4.12. The summed E-state index contributed by atoms with van der Waals surface area (Å²) in [4.78, 5) is 23.9. The third-order valence-electron chi connectivity index (χ3n) is 4.27. The number of rotatable bonds is 8. The highest BCUT2D eigenvalue weighted by atomic mass is 16.5. The molecule has 0 spiro atoms. The van der Waals surface area contributed by atoms with Crippen LogP contribution in [0.3, 0.4) is 0 Å². The molecular formula is C26H22O5. The topological polar surface area (TPSA) is 61.8 Å². The molecule has 3 aromatic rings. The fourth-order valence-electron chi connectivity index (χ4n) is 2.63. The molecule has 0 aliphatic heterocycles. The predicted molar refractivity (Wildman–Crippen MR) is 119 cm³/mol. The number of hydrogen-bond acceptors (Lipinski definition) is 5.